The molecule has 2 nitrogen and oxygen atoms in total. The third-order valence-corrected chi connectivity index (χ3v) is 6.07. The Balaban J connectivity index is 1.56. The minimum atomic E-state index is -0.101. The maximum atomic E-state index is 6.79. The maximum absolute atomic E-state index is 6.79. The van der Waals surface area contributed by atoms with Crippen molar-refractivity contribution in [3.63, 3.8) is 0 Å². The fraction of sp³-hybridized carbons (Fsp3) is 0.111. The van der Waals surface area contributed by atoms with Gasteiger partial charge in [0.25, 0.3) is 0 Å². The van der Waals surface area contributed by atoms with Crippen molar-refractivity contribution in [1.29, 1.82) is 0 Å². The molecule has 2 heteroatoms. The van der Waals surface area contributed by atoms with Crippen LogP contribution in [0.5, 0.6) is 0 Å². The van der Waals surface area contributed by atoms with Gasteiger partial charge in [-0.15, -0.1) is 0 Å². The summed E-state index contributed by atoms with van der Waals surface area (Å²) >= 11 is 0. The summed E-state index contributed by atoms with van der Waals surface area (Å²) in [7, 11) is 0. The average molecular weight is 375 g/mol. The molecule has 0 amide bonds. The molecule has 2 atom stereocenters. The fourth-order valence-electron chi connectivity index (χ4n) is 4.72. The van der Waals surface area contributed by atoms with Crippen molar-refractivity contribution in [2.45, 2.75) is 18.6 Å². The smallest absolute Gasteiger partial charge is 0.123 e. The lowest BCUT2D eigenvalue weighted by Crippen LogP contribution is -2.21. The van der Waals surface area contributed by atoms with Crippen LogP contribution in [-0.4, -0.2) is 4.98 Å². The number of para-hydroxylation sites is 1. The van der Waals surface area contributed by atoms with Crippen LogP contribution in [0.3, 0.4) is 0 Å². The summed E-state index contributed by atoms with van der Waals surface area (Å²) < 4.78 is 6.79. The van der Waals surface area contributed by atoms with Gasteiger partial charge in [0.15, 0.2) is 0 Å². The summed E-state index contributed by atoms with van der Waals surface area (Å²) in [5.74, 6) is 0. The molecule has 1 N–H and O–H groups in total. The van der Waals surface area contributed by atoms with E-state index >= 15 is 0 Å². The van der Waals surface area contributed by atoms with E-state index in [1.807, 2.05) is 0 Å². The lowest BCUT2D eigenvalue weighted by atomic mass is 9.90. The second kappa shape index (κ2) is 6.61. The normalized spacial score (nSPS) is 18.8. The van der Waals surface area contributed by atoms with E-state index in [0.717, 1.165) is 6.42 Å². The molecule has 29 heavy (non-hydrogen) atoms. The molecule has 0 saturated carbocycles. The predicted octanol–water partition coefficient (Wildman–Crippen LogP) is 6.72. The van der Waals surface area contributed by atoms with Gasteiger partial charge in [0.05, 0.1) is 11.8 Å². The number of benzene rings is 4. The molecule has 0 bridgehead atoms. The van der Waals surface area contributed by atoms with Gasteiger partial charge in [-0.3, -0.25) is 0 Å². The highest BCUT2D eigenvalue weighted by Crippen LogP contribution is 2.44. The molecule has 140 valence electrons. The zero-order valence-corrected chi connectivity index (χ0v) is 16.0. The van der Waals surface area contributed by atoms with Gasteiger partial charge in [0.1, 0.15) is 6.10 Å². The van der Waals surface area contributed by atoms with Crippen LogP contribution in [-0.2, 0) is 11.2 Å². The average Bonchev–Trinajstić information content (AvgIpc) is 3.17. The van der Waals surface area contributed by atoms with Crippen LogP contribution < -0.4 is 0 Å². The summed E-state index contributed by atoms with van der Waals surface area (Å²) in [6.07, 6.45) is 0.783. The van der Waals surface area contributed by atoms with Crippen molar-refractivity contribution < 1.29 is 4.74 Å². The van der Waals surface area contributed by atoms with Crippen molar-refractivity contribution in [2.75, 3.05) is 0 Å². The van der Waals surface area contributed by atoms with Crippen LogP contribution in [0.1, 0.15) is 34.6 Å². The van der Waals surface area contributed by atoms with Gasteiger partial charge < -0.3 is 9.72 Å². The maximum Gasteiger partial charge on any atom is 0.123 e. The molecule has 0 unspecified atom stereocenters. The first-order chi connectivity index (χ1) is 14.4. The van der Waals surface area contributed by atoms with Crippen LogP contribution in [0.25, 0.3) is 21.7 Å². The molecule has 0 aliphatic carbocycles. The Morgan fingerprint density at radius 3 is 2.31 bits per heavy atom. The van der Waals surface area contributed by atoms with E-state index in [1.165, 1.54) is 44.1 Å². The molecule has 5 aromatic rings. The van der Waals surface area contributed by atoms with Crippen LogP contribution >= 0.6 is 0 Å². The second-order valence-corrected chi connectivity index (χ2v) is 7.75. The fourth-order valence-corrected chi connectivity index (χ4v) is 4.72. The summed E-state index contributed by atoms with van der Waals surface area (Å²) in [5.41, 5.74) is 6.19. The Labute approximate surface area is 169 Å². The molecule has 6 rings (SSSR count). The quantitative estimate of drug-likeness (QED) is 0.364. The topological polar surface area (TPSA) is 25.0 Å². The summed E-state index contributed by atoms with van der Waals surface area (Å²) in [6.45, 7) is 0. The van der Waals surface area contributed by atoms with Crippen molar-refractivity contribution in [2.24, 2.45) is 0 Å². The van der Waals surface area contributed by atoms with E-state index in [1.54, 1.807) is 0 Å². The van der Waals surface area contributed by atoms with Gasteiger partial charge in [-0.25, -0.2) is 0 Å². The molecule has 0 spiro atoms. The van der Waals surface area contributed by atoms with E-state index in [-0.39, 0.29) is 12.2 Å². The van der Waals surface area contributed by atoms with Gasteiger partial charge in [0.2, 0.25) is 0 Å². The number of nitrogens with one attached hydrogen (secondary N) is 1. The number of ether oxygens (including phenoxy) is 1. The lowest BCUT2D eigenvalue weighted by Gasteiger charge is -2.32. The third kappa shape index (κ3) is 2.68. The Kier molecular flexibility index (Phi) is 3.78. The van der Waals surface area contributed by atoms with Crippen molar-refractivity contribution in [1.82, 2.24) is 4.98 Å². The zero-order chi connectivity index (χ0) is 19.2. The van der Waals surface area contributed by atoms with E-state index in [9.17, 15) is 0 Å². The Morgan fingerprint density at radius 1 is 0.690 bits per heavy atom. The highest BCUT2D eigenvalue weighted by Gasteiger charge is 2.33. The Morgan fingerprint density at radius 2 is 1.41 bits per heavy atom. The van der Waals surface area contributed by atoms with Crippen molar-refractivity contribution >= 4 is 21.7 Å². The van der Waals surface area contributed by atoms with Gasteiger partial charge >= 0.3 is 0 Å². The molecular formula is C27H21NO. The SMILES string of the molecule is c1ccc([C@@H]2O[C@H](c3cccc4ccccc34)Cc3c2[nH]c2ccccc32)cc1. The van der Waals surface area contributed by atoms with Crippen LogP contribution in [0, 0.1) is 0 Å². The van der Waals surface area contributed by atoms with Gasteiger partial charge in [-0.05, 0) is 33.5 Å². The van der Waals surface area contributed by atoms with Gasteiger partial charge in [0, 0.05) is 17.3 Å². The number of aromatic nitrogens is 1. The first kappa shape index (κ1) is 16.6. The molecule has 1 aromatic heterocycles. The van der Waals surface area contributed by atoms with Crippen LogP contribution in [0.15, 0.2) is 97.1 Å². The monoisotopic (exact) mass is 375 g/mol. The van der Waals surface area contributed by atoms with Crippen LogP contribution in [0.2, 0.25) is 0 Å². The molecule has 0 radical (unpaired) electrons. The minimum Gasteiger partial charge on any atom is -0.359 e. The minimum absolute atomic E-state index is 0.0120. The van der Waals surface area contributed by atoms with Crippen LogP contribution in [0.4, 0.5) is 0 Å². The largest absolute Gasteiger partial charge is 0.359 e. The lowest BCUT2D eigenvalue weighted by molar-refractivity contribution is -0.00619. The number of H-pyrrole nitrogens is 1. The Bertz CT molecular complexity index is 1310. The zero-order valence-electron chi connectivity index (χ0n) is 16.0. The second-order valence-electron chi connectivity index (χ2n) is 7.75. The predicted molar refractivity (Wildman–Crippen MR) is 118 cm³/mol. The van der Waals surface area contributed by atoms with E-state index in [0.29, 0.717) is 0 Å². The molecule has 1 aliphatic rings. The molecule has 2 heterocycles. The summed E-state index contributed by atoms with van der Waals surface area (Å²) in [4.78, 5) is 3.65. The summed E-state index contributed by atoms with van der Waals surface area (Å²) in [6, 6.07) is 34.2. The molecule has 0 fully saturated rings. The first-order valence-electron chi connectivity index (χ1n) is 10.2. The molecule has 1 aliphatic heterocycles. The first-order valence-corrected chi connectivity index (χ1v) is 10.2. The number of rotatable bonds is 2. The van der Waals surface area contributed by atoms with Crippen molar-refractivity contribution in [3.8, 4) is 0 Å². The Hall–Kier alpha value is -3.36. The highest BCUT2D eigenvalue weighted by molar-refractivity contribution is 5.87. The third-order valence-electron chi connectivity index (χ3n) is 6.07. The number of aromatic amines is 1. The highest BCUT2D eigenvalue weighted by atomic mass is 16.5. The number of hydrogen-bond donors (Lipinski definition) is 1. The van der Waals surface area contributed by atoms with E-state index in [2.05, 4.69) is 102 Å². The number of fused-ring (bicyclic) bond motifs is 4. The van der Waals surface area contributed by atoms with E-state index in [4.69, 9.17) is 4.74 Å². The molecule has 4 aromatic carbocycles. The van der Waals surface area contributed by atoms with Gasteiger partial charge in [-0.2, -0.15) is 0 Å². The number of hydrogen-bond acceptors (Lipinski definition) is 1. The van der Waals surface area contributed by atoms with Gasteiger partial charge in [-0.1, -0.05) is 91.0 Å². The van der Waals surface area contributed by atoms with E-state index < -0.39 is 0 Å². The molecular weight excluding hydrogens is 354 g/mol. The standard InChI is InChI=1S/C27H21NO/c1-2-10-19(11-3-1)27-26-23(21-14-6-7-16-24(21)28-26)17-25(29-27)22-15-8-12-18-9-4-5-13-20(18)22/h1-16,25,27-28H,17H2/t25-,27-/m0/s1. The molecule has 0 saturated heterocycles. The summed E-state index contributed by atoms with van der Waals surface area (Å²) in [5, 5.41) is 3.83. The van der Waals surface area contributed by atoms with Crippen molar-refractivity contribution in [3.05, 3.63) is 119 Å².